The van der Waals surface area contributed by atoms with Gasteiger partial charge in [-0.3, -0.25) is 95.9 Å². The van der Waals surface area contributed by atoms with Crippen LogP contribution >= 0.6 is 35.3 Å². The van der Waals surface area contributed by atoms with E-state index in [2.05, 4.69) is 74.4 Å². The van der Waals surface area contributed by atoms with E-state index in [4.69, 9.17) is 17.2 Å². The smallest absolute Gasteiger partial charge is 0.305 e. The van der Waals surface area contributed by atoms with Crippen molar-refractivity contribution >= 4 is 195 Å². The predicted molar refractivity (Wildman–Crippen MR) is 530 cm³/mol. The molecule has 3 aliphatic heterocycles. The zero-order chi connectivity index (χ0) is 108. The highest BCUT2D eigenvalue weighted by Gasteiger charge is 2.43. The lowest BCUT2D eigenvalue weighted by molar-refractivity contribution is -0.142. The minimum atomic E-state index is -4.82. The van der Waals surface area contributed by atoms with Crippen molar-refractivity contribution in [3.63, 3.8) is 0 Å². The Hall–Kier alpha value is -12.9. The number of carbonyl (C=O) groups is 20. The fourth-order valence-corrected chi connectivity index (χ4v) is 23.7. The molecule has 146 heavy (non-hydrogen) atoms. The molecule has 3 aliphatic rings. The number of carboxylic acids is 4. The molecule has 0 spiro atoms. The molecule has 0 aromatic heterocycles. The second-order valence-corrected chi connectivity index (χ2v) is 45.4. The summed E-state index contributed by atoms with van der Waals surface area (Å²) < 4.78 is 91.6. The SMILES string of the molecule is C[C@H](N)C(=O)N[C@H]1CSCCS(=O)(=O)N2CCN3CCN(CC2)S(=O)(=O)CCSC[C@H](NC(=O)[C@@H](C)NC(=O)[C@H](Cc2cccc4ccccc24)NC(=O)[C@H](CCC(=O)O)NC(=O)[C@H](CC(N)=O)NC(=O)[C@@H](C)NC1=O)C(=O)N[C@@H](CCC(=O)O)C(=O)N[C@@H](CC(=O)O)C(=O)N[C@@H](Cc1ccccc1)C(=O)N[C@@H](Cc1ccc(O)cc1)C(=O)N[C@@H](CC(=O)O)C(=O)N[C@@H](C(C)(C)C)C(=O)N[C@H](C(N)=O)CSCCS3(=O)=O. The molecular weight excluding hydrogens is 2040 g/mol. The number of benzene rings is 4. The zero-order valence-corrected chi connectivity index (χ0v) is 85.3. The summed E-state index contributed by atoms with van der Waals surface area (Å²) in [6.45, 7) is 3.50. The number of rotatable bonds is 21. The lowest BCUT2D eigenvalue weighted by Crippen LogP contribution is -2.62. The summed E-state index contributed by atoms with van der Waals surface area (Å²) in [4.78, 5) is 282. The predicted octanol–water partition coefficient (Wildman–Crippen LogP) is -7.03. The summed E-state index contributed by atoms with van der Waals surface area (Å²) in [6, 6.07) is -4.60. The third-order valence-electron chi connectivity index (χ3n) is 23.0. The van der Waals surface area contributed by atoms with Crippen molar-refractivity contribution in [3.05, 3.63) is 114 Å². The molecule has 0 radical (unpaired) electrons. The third-order valence-corrected chi connectivity index (χ3v) is 32.6. The molecule has 0 aliphatic carbocycles. The first-order chi connectivity index (χ1) is 68.5. The molecule has 4 aromatic rings. The Morgan fingerprint density at radius 1 is 0.411 bits per heavy atom. The average Bonchev–Trinajstić information content (AvgIpc) is 1.69. The van der Waals surface area contributed by atoms with Gasteiger partial charge in [0, 0.05) is 106 Å². The Bertz CT molecular complexity index is 5790. The van der Waals surface area contributed by atoms with Crippen molar-refractivity contribution in [2.75, 3.05) is 91.0 Å². The highest BCUT2D eigenvalue weighted by Crippen LogP contribution is 2.25. The normalized spacial score (nSPS) is 26.8. The van der Waals surface area contributed by atoms with Gasteiger partial charge in [0.2, 0.25) is 125 Å². The molecule has 51 nitrogen and oxygen atoms in total. The van der Waals surface area contributed by atoms with E-state index in [0.29, 0.717) is 28.1 Å². The monoisotopic (exact) mass is 2160 g/mol. The van der Waals surface area contributed by atoms with Gasteiger partial charge in [0.1, 0.15) is 90.3 Å². The Balaban J connectivity index is 1.40. The van der Waals surface area contributed by atoms with Gasteiger partial charge in [-0.2, -0.15) is 48.2 Å². The Morgan fingerprint density at radius 3 is 1.25 bits per heavy atom. The molecule has 3 unspecified atom stereocenters. The first-order valence-corrected chi connectivity index (χ1v) is 54.2. The van der Waals surface area contributed by atoms with Gasteiger partial charge < -0.3 is 117 Å². The highest BCUT2D eigenvalue weighted by atomic mass is 32.2. The number of nitrogens with one attached hydrogen (secondary N) is 14. The number of nitrogens with zero attached hydrogens (tertiary/aromatic N) is 3. The van der Waals surface area contributed by atoms with E-state index in [0.717, 1.165) is 50.3 Å². The molecule has 3 fully saturated rings. The lowest BCUT2D eigenvalue weighted by Gasteiger charge is -2.33. The van der Waals surface area contributed by atoms with Crippen LogP contribution in [0.1, 0.15) is 103 Å². The fourth-order valence-electron chi connectivity index (χ4n) is 14.9. The molecule has 802 valence electrons. The highest BCUT2D eigenvalue weighted by molar-refractivity contribution is 8.01. The maximum absolute atomic E-state index is 15.3. The van der Waals surface area contributed by atoms with E-state index >= 15 is 22.8 Å². The molecule has 3 saturated heterocycles. The summed E-state index contributed by atoms with van der Waals surface area (Å²) in [5.41, 5.74) is 16.6. The van der Waals surface area contributed by atoms with Gasteiger partial charge in [-0.1, -0.05) is 106 Å². The van der Waals surface area contributed by atoms with Crippen LogP contribution in [0.4, 0.5) is 0 Å². The summed E-state index contributed by atoms with van der Waals surface area (Å²) in [5.74, 6) is -33.5. The third kappa shape index (κ3) is 38.8. The van der Waals surface area contributed by atoms with Gasteiger partial charge in [-0.05, 0) is 78.6 Å². The number of phenols is 1. The van der Waals surface area contributed by atoms with Crippen molar-refractivity contribution in [1.29, 1.82) is 0 Å². The van der Waals surface area contributed by atoms with Crippen LogP contribution in [0.25, 0.3) is 10.8 Å². The first kappa shape index (κ1) is 120. The van der Waals surface area contributed by atoms with Gasteiger partial charge in [-0.25, -0.2) is 25.3 Å². The van der Waals surface area contributed by atoms with E-state index in [9.17, 15) is 124 Å². The van der Waals surface area contributed by atoms with Crippen LogP contribution in [0.5, 0.6) is 5.75 Å². The van der Waals surface area contributed by atoms with Gasteiger partial charge in [0.05, 0.1) is 42.6 Å². The van der Waals surface area contributed by atoms with Crippen LogP contribution in [0.15, 0.2) is 97.1 Å². The van der Waals surface area contributed by atoms with Crippen molar-refractivity contribution in [2.24, 2.45) is 22.6 Å². The van der Waals surface area contributed by atoms with Crippen LogP contribution in [-0.4, -0.2) is 364 Å². The number of hydrogen-bond donors (Lipinski definition) is 22. The number of nitrogens with two attached hydrogens (primary N) is 3. The minimum absolute atomic E-state index is 0.172. The Labute approximate surface area is 853 Å². The molecule has 4 aromatic carbocycles. The maximum atomic E-state index is 15.3. The Kier molecular flexibility index (Phi) is 46.1. The van der Waals surface area contributed by atoms with Crippen molar-refractivity contribution in [3.8, 4) is 5.75 Å². The summed E-state index contributed by atoms with van der Waals surface area (Å²) >= 11 is 2.03. The van der Waals surface area contributed by atoms with E-state index in [-0.39, 0.29) is 16.9 Å². The number of hydrogen-bond acceptors (Lipinski definition) is 31. The second-order valence-electron chi connectivity index (χ2n) is 35.6. The van der Waals surface area contributed by atoms with Crippen LogP contribution in [-0.2, 0) is 145 Å². The molecular formula is C89H124N20O31S6. The number of carbonyl (C=O) groups excluding carboxylic acids is 16. The quantitative estimate of drug-likeness (QED) is 0.0369. The van der Waals surface area contributed by atoms with Crippen molar-refractivity contribution < 1.29 is 147 Å². The van der Waals surface area contributed by atoms with Gasteiger partial charge in [-0.15, -0.1) is 0 Å². The van der Waals surface area contributed by atoms with E-state index in [1.54, 1.807) is 48.5 Å². The average molecular weight is 2160 g/mol. The summed E-state index contributed by atoms with van der Waals surface area (Å²) in [6.07, 6.45) is -8.87. The number of thioether (sulfide) groups is 3. The minimum Gasteiger partial charge on any atom is -0.508 e. The number of aromatic hydroxyl groups is 1. The van der Waals surface area contributed by atoms with Crippen molar-refractivity contribution in [1.82, 2.24) is 87.4 Å². The molecule has 3 heterocycles. The molecule has 18 atom stereocenters. The van der Waals surface area contributed by atoms with Crippen LogP contribution in [0.2, 0.25) is 0 Å². The summed E-state index contributed by atoms with van der Waals surface area (Å²) in [5, 5.41) is 85.0. The fraction of sp³-hybridized carbons (Fsp3) is 0.528. The molecule has 25 N–H and O–H groups in total. The molecule has 7 rings (SSSR count). The van der Waals surface area contributed by atoms with Crippen molar-refractivity contribution in [2.45, 2.75) is 196 Å². The van der Waals surface area contributed by atoms with Gasteiger partial charge >= 0.3 is 23.9 Å². The number of sulfonamides is 3. The number of carboxylic acid groups (broad SMARTS) is 4. The zero-order valence-electron chi connectivity index (χ0n) is 80.4. The number of fused-ring (bicyclic) bond motifs is 10. The summed E-state index contributed by atoms with van der Waals surface area (Å²) in [7, 11) is -14.2. The van der Waals surface area contributed by atoms with Crippen LogP contribution < -0.4 is 91.6 Å². The number of amides is 16. The van der Waals surface area contributed by atoms with E-state index in [1.165, 1.54) is 76.2 Å². The van der Waals surface area contributed by atoms with E-state index in [1.807, 2.05) is 0 Å². The van der Waals surface area contributed by atoms with Crippen LogP contribution in [0.3, 0.4) is 0 Å². The number of phenolic OH excluding ortho intramolecular Hbond substituents is 1. The maximum Gasteiger partial charge on any atom is 0.305 e. The molecule has 4 bridgehead atoms. The van der Waals surface area contributed by atoms with Gasteiger partial charge in [0.25, 0.3) is 0 Å². The largest absolute Gasteiger partial charge is 0.508 e. The Morgan fingerprint density at radius 2 is 0.788 bits per heavy atom. The van der Waals surface area contributed by atoms with Crippen LogP contribution in [0, 0.1) is 5.41 Å². The number of primary amides is 2. The standard InChI is InChI=1S/C89H124N20O31S6/c1-48(90)75(121)104-66-46-142-34-37-145(137,138)108-29-27-107-28-30-109(32-31-108)146(139,140)38-35-143-47-67(105-77(123)50(3)93-80(126)61(41-54-17-12-16-53-15-10-11-18-56(53)54)100-78(124)57(23-25-69(112)113)95-83(129)62(42-68(91)111)97-76(122)49(2)94-86(66)132)87(133)96-58(24-26-70(114)115)79(125)101-63(43-71(116)117)84(130)99-59(39-51-13-8-7-9-14-51)81(127)98-60(40-52-19-21-55(110)22-20-52)82(128)102-64(44-72(118)119)85(131)106-73(89(4,5)6)88(134)103-65(74(92)120)45-141-33-36-144(107,135)136/h7-22,48-50,57-67,73,110H,23-47,90H2,1-6H3,(H2,91,111)(H2,92,120)(H,93,126)(H,94,132)(H,95,129)(H,96,133)(H,97,122)(H,98,127)(H,99,130)(H,100,124)(H,101,125)(H,102,128)(H,103,134)(H,104,121)(H,105,123)(H,106,131)(H,112,113)(H,114,115)(H,116,117)(H,118,119)/t48-,49+,50+,57-,58-,59-,60-,61-,62-,63-,64-,65-,66-,67-,73+/m0/s1. The second kappa shape index (κ2) is 56.1. The number of aliphatic carboxylic acids is 4. The molecule has 57 heteroatoms. The lowest BCUT2D eigenvalue weighted by atomic mass is 9.85. The first-order valence-electron chi connectivity index (χ1n) is 45.9. The molecule has 0 saturated carbocycles. The van der Waals surface area contributed by atoms with E-state index < -0.39 is 400 Å². The topological polar surface area (TPSA) is 801 Å². The van der Waals surface area contributed by atoms with Gasteiger partial charge in [0.15, 0.2) is 0 Å². The molecule has 16 amide bonds.